The Morgan fingerprint density at radius 3 is 2.12 bits per heavy atom. The summed E-state index contributed by atoms with van der Waals surface area (Å²) in [7, 11) is 0. The lowest BCUT2D eigenvalue weighted by atomic mass is 9.98. The van der Waals surface area contributed by atoms with Gasteiger partial charge in [-0.15, -0.1) is 0 Å². The van der Waals surface area contributed by atoms with E-state index < -0.39 is 17.8 Å². The fourth-order valence-electron chi connectivity index (χ4n) is 8.48. The third-order valence-electron chi connectivity index (χ3n) is 12.7. The molecule has 6 aromatic carbocycles. The topological polar surface area (TPSA) is 192 Å². The summed E-state index contributed by atoms with van der Waals surface area (Å²) in [4.78, 5) is 41.5. The van der Waals surface area contributed by atoms with Crippen molar-refractivity contribution in [1.82, 2.24) is 20.4 Å². The largest absolute Gasteiger partial charge is 0.508 e. The molecule has 1 saturated heterocycles. The molecule has 0 unspecified atom stereocenters. The van der Waals surface area contributed by atoms with E-state index in [0.29, 0.717) is 61.8 Å². The third kappa shape index (κ3) is 18.7. The number of phenols is 2. The van der Waals surface area contributed by atoms with Gasteiger partial charge in [0.2, 0.25) is 18.7 Å². The average Bonchev–Trinajstić information content (AvgIpc) is 3.41. The lowest BCUT2D eigenvalue weighted by molar-refractivity contribution is -0.137. The molecule has 77 heavy (non-hydrogen) atoms. The number of amidine groups is 2. The predicted octanol–water partition coefficient (Wildman–Crippen LogP) is 12.1. The molecule has 0 radical (unpaired) electrons. The van der Waals surface area contributed by atoms with Gasteiger partial charge in [-0.25, -0.2) is 10.3 Å². The van der Waals surface area contributed by atoms with Crippen LogP contribution in [0.5, 0.6) is 23.0 Å². The summed E-state index contributed by atoms with van der Waals surface area (Å²) in [5, 5.41) is 44.4. The fourth-order valence-corrected chi connectivity index (χ4v) is 8.48. The van der Waals surface area contributed by atoms with Crippen LogP contribution in [0.1, 0.15) is 104 Å². The van der Waals surface area contributed by atoms with E-state index >= 15 is 0 Å². The molecule has 7 rings (SSSR count). The van der Waals surface area contributed by atoms with Gasteiger partial charge in [-0.3, -0.25) is 29.6 Å². The zero-order chi connectivity index (χ0) is 55.9. The quantitative estimate of drug-likeness (QED) is 0.0142. The van der Waals surface area contributed by atoms with Crippen LogP contribution in [0.4, 0.5) is 23.4 Å². The van der Waals surface area contributed by atoms with Crippen molar-refractivity contribution in [3.05, 3.63) is 160 Å². The number of hydrogen-bond donors (Lipinski definition) is 6. The van der Waals surface area contributed by atoms with Crippen LogP contribution in [0.15, 0.2) is 121 Å². The number of benzene rings is 6. The lowest BCUT2D eigenvalue weighted by Gasteiger charge is -2.32. The lowest BCUT2D eigenvalue weighted by Crippen LogP contribution is -2.45. The van der Waals surface area contributed by atoms with Crippen LogP contribution in [0.25, 0.3) is 10.8 Å². The molecule has 0 aliphatic carbocycles. The van der Waals surface area contributed by atoms with E-state index in [1.54, 1.807) is 23.1 Å². The normalized spacial score (nSPS) is 12.4. The smallest absolute Gasteiger partial charge is 0.416 e. The van der Waals surface area contributed by atoms with Gasteiger partial charge in [0.25, 0.3) is 0 Å². The number of ether oxygens (including phenoxy) is 1. The van der Waals surface area contributed by atoms with Crippen LogP contribution in [0.3, 0.4) is 0 Å². The van der Waals surface area contributed by atoms with E-state index in [1.165, 1.54) is 50.3 Å². The summed E-state index contributed by atoms with van der Waals surface area (Å²) in [6.45, 7) is 12.7. The Kier molecular flexibility index (Phi) is 23.3. The van der Waals surface area contributed by atoms with Crippen molar-refractivity contribution in [2.24, 2.45) is 0 Å². The molecule has 1 heterocycles. The molecular weight excluding hydrogens is 995 g/mol. The number of halogens is 4. The molecule has 0 atom stereocenters. The first-order valence-corrected chi connectivity index (χ1v) is 25.6. The van der Waals surface area contributed by atoms with Gasteiger partial charge < -0.3 is 30.5 Å². The van der Waals surface area contributed by atoms with E-state index in [0.717, 1.165) is 88.6 Å². The van der Waals surface area contributed by atoms with Crippen LogP contribution >= 0.6 is 0 Å². The highest BCUT2D eigenvalue weighted by molar-refractivity contribution is 6.22. The van der Waals surface area contributed by atoms with Crippen LogP contribution in [-0.2, 0) is 45.0 Å². The van der Waals surface area contributed by atoms with Crippen molar-refractivity contribution >= 4 is 47.0 Å². The minimum atomic E-state index is -4.34. The molecule has 6 aromatic rings. The Balaban J connectivity index is 0.000000220. The minimum absolute atomic E-state index is 0.0235. The number of phenolic OH excluding ortho intramolecular Hbond substituents is 2. The van der Waals surface area contributed by atoms with Crippen molar-refractivity contribution in [2.45, 2.75) is 97.8 Å². The van der Waals surface area contributed by atoms with E-state index in [-0.39, 0.29) is 34.7 Å². The minimum Gasteiger partial charge on any atom is -0.508 e. The van der Waals surface area contributed by atoms with E-state index in [2.05, 4.69) is 27.4 Å². The first kappa shape index (κ1) is 59.9. The molecule has 1 fully saturated rings. The fraction of sp³-hybridized carbons (Fsp3) is 0.339. The molecule has 0 aromatic heterocycles. The van der Waals surface area contributed by atoms with Gasteiger partial charge in [0, 0.05) is 61.8 Å². The van der Waals surface area contributed by atoms with Gasteiger partial charge in [-0.05, 0) is 95.4 Å². The molecule has 0 bridgehead atoms. The highest BCUT2D eigenvalue weighted by atomic mass is 19.4. The van der Waals surface area contributed by atoms with Crippen molar-refractivity contribution in [2.75, 3.05) is 37.6 Å². The van der Waals surface area contributed by atoms with Gasteiger partial charge in [-0.1, -0.05) is 125 Å². The number of aromatic hydroxyl groups is 2. The maximum Gasteiger partial charge on any atom is 0.416 e. The summed E-state index contributed by atoms with van der Waals surface area (Å²) in [6, 6.07) is 32.6. The number of rotatable bonds is 20. The second-order valence-corrected chi connectivity index (χ2v) is 19.0. The summed E-state index contributed by atoms with van der Waals surface area (Å²) in [5.74, 6) is 0.114. The number of nitrogens with zero attached hydrogens (tertiary/aromatic N) is 3. The van der Waals surface area contributed by atoms with Gasteiger partial charge in [0.15, 0.2) is 0 Å². The van der Waals surface area contributed by atoms with Crippen LogP contribution in [0.2, 0.25) is 0 Å². The van der Waals surface area contributed by atoms with Crippen LogP contribution in [0, 0.1) is 17.7 Å². The number of alkyl halides is 3. The highest BCUT2D eigenvalue weighted by Gasteiger charge is 2.30. The molecule has 1 aliphatic heterocycles. The van der Waals surface area contributed by atoms with Crippen molar-refractivity contribution in [3.63, 3.8) is 0 Å². The number of piperazine rings is 1. The highest BCUT2D eigenvalue weighted by Crippen LogP contribution is 2.35. The molecule has 0 saturated carbocycles. The third-order valence-corrected chi connectivity index (χ3v) is 12.7. The molecule has 410 valence electrons. The molecule has 1 aliphatic rings. The summed E-state index contributed by atoms with van der Waals surface area (Å²) < 4.78 is 56.4. The molecule has 0 spiro atoms. The Morgan fingerprint density at radius 1 is 0.792 bits per heavy atom. The molecule has 14 nitrogen and oxygen atoms in total. The maximum atomic E-state index is 13.0. The monoisotopic (exact) mass is 1060 g/mol. The average molecular weight is 1060 g/mol. The van der Waals surface area contributed by atoms with Crippen molar-refractivity contribution < 1.29 is 52.0 Å². The van der Waals surface area contributed by atoms with Gasteiger partial charge in [0.1, 0.15) is 28.8 Å². The number of amides is 3. The standard InChI is InChI=1S/C23H28FN5O4.C18H13F3O.C18H28N2O2/c1-15(2)18-11-19(21(32)12-20(18)31)22(25)29(23(26)33-24)17-5-3-16(4-6-17)13-27-7-9-28(14-30)10-8-27;1-12-5-10-16-13(11-12)3-2-4-17(16)22-15-8-6-14(7-9-15)18(19,20)21;1-2-3-4-5-6-7-11-20-18(22)13-16-9-8-10-17(12-16)14-19-15-21/h3-6,11-12,14-15,25-26,31-32H,7-10,13H2,1-2H3;2-11H,1H3;8-10,12,15H,2-7,11,13-14H2,1H3,(H,19,21)(H,20,22). The summed E-state index contributed by atoms with van der Waals surface area (Å²) in [6.07, 6.45) is 4.96. The van der Waals surface area contributed by atoms with Crippen LogP contribution < -0.4 is 20.3 Å². The number of unbranched alkanes of at least 4 members (excludes halogenated alkanes) is 5. The molecular formula is C59H69F4N7O7. The number of hydrogen-bond acceptors (Lipinski definition) is 10. The first-order chi connectivity index (χ1) is 36.9. The SMILES string of the molecule is CC(C)c1cc(C(=N)N(C(=N)OF)c2ccc(CN3CCN(C=O)CC3)cc2)c(O)cc1O.CCCCCCCCNC(=O)Cc1cccc(CNC=O)c1.Cc1ccc2c(Oc3ccc(C(F)(F)F)cc3)cccc2c1. The number of fused-ring (bicyclic) bond motifs is 1. The Labute approximate surface area is 447 Å². The molecule has 6 N–H and O–H groups in total. The Morgan fingerprint density at radius 2 is 1.47 bits per heavy atom. The van der Waals surface area contributed by atoms with E-state index in [9.17, 15) is 42.3 Å². The molecule has 18 heteroatoms. The molecule has 3 amide bonds. The summed E-state index contributed by atoms with van der Waals surface area (Å²) in [5.41, 5.74) is 4.25. The second kappa shape index (κ2) is 29.9. The zero-order valence-electron chi connectivity index (χ0n) is 44.0. The number of aryl methyl sites for hydroxylation is 1. The Hall–Kier alpha value is -7.99. The number of carbonyl (C=O) groups excluding carboxylic acids is 3. The summed E-state index contributed by atoms with van der Waals surface area (Å²) >= 11 is 0. The number of nitrogens with one attached hydrogen (secondary N) is 4. The van der Waals surface area contributed by atoms with Gasteiger partial charge in [0.05, 0.1) is 23.2 Å². The van der Waals surface area contributed by atoms with Gasteiger partial charge in [-0.2, -0.15) is 13.2 Å². The van der Waals surface area contributed by atoms with Crippen molar-refractivity contribution in [3.8, 4) is 23.0 Å². The predicted molar refractivity (Wildman–Crippen MR) is 292 cm³/mol. The van der Waals surface area contributed by atoms with Crippen LogP contribution in [-0.4, -0.2) is 83.3 Å². The number of carbonyl (C=O) groups is 3. The van der Waals surface area contributed by atoms with Gasteiger partial charge >= 0.3 is 12.2 Å². The maximum absolute atomic E-state index is 13.0. The van der Waals surface area contributed by atoms with Crippen molar-refractivity contribution in [1.29, 1.82) is 10.8 Å². The second-order valence-electron chi connectivity index (χ2n) is 19.0. The van der Waals surface area contributed by atoms with E-state index in [4.69, 9.17) is 15.6 Å². The number of anilines is 1. The zero-order valence-corrected chi connectivity index (χ0v) is 44.0. The first-order valence-electron chi connectivity index (χ1n) is 25.6. The van der Waals surface area contributed by atoms with E-state index in [1.807, 2.05) is 87.5 Å². The Bertz CT molecular complexity index is 2880.